The van der Waals surface area contributed by atoms with Gasteiger partial charge >= 0.3 is 0 Å². The number of carbonyl (C=O) groups excluding carboxylic acids is 1. The molecule has 1 saturated heterocycles. The second kappa shape index (κ2) is 4.69. The molecule has 3 rings (SSSR count). The molecule has 1 amide bonds. The van der Waals surface area contributed by atoms with Gasteiger partial charge in [0.25, 0.3) is 5.91 Å². The second-order valence-corrected chi connectivity index (χ2v) is 5.78. The first-order chi connectivity index (χ1) is 9.87. The molecule has 114 valence electrons. The maximum atomic E-state index is 13.8. The molecule has 0 saturated carbocycles. The van der Waals surface area contributed by atoms with Crippen molar-refractivity contribution in [1.29, 1.82) is 0 Å². The minimum atomic E-state index is -1.94. The third-order valence-electron chi connectivity index (χ3n) is 4.37. The van der Waals surface area contributed by atoms with E-state index in [0.29, 0.717) is 13.0 Å². The van der Waals surface area contributed by atoms with Gasteiger partial charge in [-0.2, -0.15) is 0 Å². The summed E-state index contributed by atoms with van der Waals surface area (Å²) in [4.78, 5) is 13.6. The summed E-state index contributed by atoms with van der Waals surface area (Å²) >= 11 is 0. The molecule has 3 nitrogen and oxygen atoms in total. The minimum absolute atomic E-state index is 0.244. The Balaban J connectivity index is 2.07. The van der Waals surface area contributed by atoms with Gasteiger partial charge in [0.05, 0.1) is 17.6 Å². The highest BCUT2D eigenvalue weighted by atomic mass is 19.2. The first-order valence-electron chi connectivity index (χ1n) is 6.74. The number of piperidine rings is 1. The Bertz CT molecular complexity index is 626. The van der Waals surface area contributed by atoms with Crippen LogP contribution in [0.5, 0.6) is 0 Å². The predicted molar refractivity (Wildman–Crippen MR) is 66.7 cm³/mol. The topological polar surface area (TPSA) is 32.3 Å². The largest absolute Gasteiger partial charge is 0.327 e. The molecule has 2 aliphatic heterocycles. The molecule has 1 unspecified atom stereocenters. The van der Waals surface area contributed by atoms with Gasteiger partial charge in [0.1, 0.15) is 0 Å². The predicted octanol–water partition coefficient (Wildman–Crippen LogP) is 2.34. The number of hydrogen-bond acceptors (Lipinski definition) is 2. The van der Waals surface area contributed by atoms with E-state index in [4.69, 9.17) is 0 Å². The fourth-order valence-corrected chi connectivity index (χ4v) is 3.12. The van der Waals surface area contributed by atoms with Crippen LogP contribution in [0, 0.1) is 23.3 Å². The Labute approximate surface area is 118 Å². The molecule has 1 fully saturated rings. The average Bonchev–Trinajstić information content (AvgIpc) is 2.82. The van der Waals surface area contributed by atoms with Gasteiger partial charge in [-0.3, -0.25) is 4.79 Å². The summed E-state index contributed by atoms with van der Waals surface area (Å²) in [5.74, 6) is -7.68. The van der Waals surface area contributed by atoms with Gasteiger partial charge in [-0.1, -0.05) is 0 Å². The zero-order chi connectivity index (χ0) is 15.4. The summed E-state index contributed by atoms with van der Waals surface area (Å²) in [6.45, 7) is 2.83. The molecule has 1 N–H and O–H groups in total. The van der Waals surface area contributed by atoms with Crippen LogP contribution in [-0.4, -0.2) is 29.4 Å². The molecule has 1 aromatic carbocycles. The van der Waals surface area contributed by atoms with Crippen LogP contribution in [0.4, 0.5) is 17.6 Å². The van der Waals surface area contributed by atoms with Crippen LogP contribution in [0.25, 0.3) is 0 Å². The Morgan fingerprint density at radius 2 is 1.76 bits per heavy atom. The van der Waals surface area contributed by atoms with Crippen molar-refractivity contribution in [3.05, 3.63) is 34.4 Å². The molecular formula is C14H14F4N2O. The van der Waals surface area contributed by atoms with Crippen LogP contribution >= 0.6 is 0 Å². The van der Waals surface area contributed by atoms with Gasteiger partial charge in [0.15, 0.2) is 23.3 Å². The van der Waals surface area contributed by atoms with Crippen LogP contribution in [0.1, 0.15) is 35.7 Å². The van der Waals surface area contributed by atoms with E-state index in [1.807, 2.05) is 0 Å². The third kappa shape index (κ3) is 1.94. The average molecular weight is 302 g/mol. The third-order valence-corrected chi connectivity index (χ3v) is 4.37. The van der Waals surface area contributed by atoms with E-state index in [0.717, 1.165) is 13.0 Å². The fourth-order valence-electron chi connectivity index (χ4n) is 3.12. The maximum absolute atomic E-state index is 13.8. The van der Waals surface area contributed by atoms with E-state index in [1.54, 1.807) is 6.92 Å². The lowest BCUT2D eigenvalue weighted by Gasteiger charge is -2.42. The molecule has 0 radical (unpaired) electrons. The van der Waals surface area contributed by atoms with Crippen LogP contribution in [0.15, 0.2) is 0 Å². The zero-order valence-corrected chi connectivity index (χ0v) is 11.4. The molecule has 2 aliphatic rings. The van der Waals surface area contributed by atoms with Crippen molar-refractivity contribution in [3.63, 3.8) is 0 Å². The van der Waals surface area contributed by atoms with Crippen molar-refractivity contribution in [2.45, 2.75) is 31.8 Å². The van der Waals surface area contributed by atoms with Crippen LogP contribution in [0.3, 0.4) is 0 Å². The molecule has 21 heavy (non-hydrogen) atoms. The summed E-state index contributed by atoms with van der Waals surface area (Å²) in [6, 6.07) is 0. The van der Waals surface area contributed by atoms with E-state index in [2.05, 4.69) is 5.32 Å². The Morgan fingerprint density at radius 1 is 1.10 bits per heavy atom. The van der Waals surface area contributed by atoms with Gasteiger partial charge in [-0.25, -0.2) is 17.6 Å². The SMILES string of the molecule is CC1(N2Cc3c(F)c(F)c(F)c(F)c3C2=O)CCCNC1. The summed E-state index contributed by atoms with van der Waals surface area (Å²) in [6.07, 6.45) is 1.47. The summed E-state index contributed by atoms with van der Waals surface area (Å²) in [5.41, 5.74) is -1.71. The molecule has 1 atom stereocenters. The number of halogens is 4. The monoisotopic (exact) mass is 302 g/mol. The Hall–Kier alpha value is -1.63. The number of nitrogens with zero attached hydrogens (tertiary/aromatic N) is 1. The van der Waals surface area contributed by atoms with E-state index in [-0.39, 0.29) is 6.54 Å². The van der Waals surface area contributed by atoms with E-state index < -0.39 is 45.8 Å². The molecular weight excluding hydrogens is 288 g/mol. The zero-order valence-electron chi connectivity index (χ0n) is 11.4. The summed E-state index contributed by atoms with van der Waals surface area (Å²) in [5, 5.41) is 3.12. The quantitative estimate of drug-likeness (QED) is 0.491. The lowest BCUT2D eigenvalue weighted by molar-refractivity contribution is 0.0459. The number of fused-ring (bicyclic) bond motifs is 1. The number of hydrogen-bond donors (Lipinski definition) is 1. The van der Waals surface area contributed by atoms with Gasteiger partial charge in [-0.05, 0) is 26.3 Å². The molecule has 0 aliphatic carbocycles. The second-order valence-electron chi connectivity index (χ2n) is 5.78. The Kier molecular flexibility index (Phi) is 3.20. The minimum Gasteiger partial charge on any atom is -0.327 e. The number of carbonyl (C=O) groups is 1. The molecule has 0 spiro atoms. The molecule has 0 aromatic heterocycles. The number of nitrogens with one attached hydrogen (secondary N) is 1. The van der Waals surface area contributed by atoms with Gasteiger partial charge in [0, 0.05) is 12.1 Å². The summed E-state index contributed by atoms with van der Waals surface area (Å²) < 4.78 is 54.2. The molecule has 2 heterocycles. The van der Waals surface area contributed by atoms with E-state index in [1.165, 1.54) is 4.90 Å². The molecule has 7 heteroatoms. The number of amides is 1. The first kappa shape index (κ1) is 14.3. The molecule has 0 bridgehead atoms. The highest BCUT2D eigenvalue weighted by molar-refractivity contribution is 5.99. The van der Waals surface area contributed by atoms with Crippen molar-refractivity contribution in [2.24, 2.45) is 0 Å². The van der Waals surface area contributed by atoms with Crippen molar-refractivity contribution >= 4 is 5.91 Å². The number of benzene rings is 1. The number of rotatable bonds is 1. The normalized spacial score (nSPS) is 25.4. The maximum Gasteiger partial charge on any atom is 0.258 e. The van der Waals surface area contributed by atoms with Crippen molar-refractivity contribution < 1.29 is 22.4 Å². The van der Waals surface area contributed by atoms with Crippen LogP contribution < -0.4 is 5.32 Å². The molecule has 1 aromatic rings. The Morgan fingerprint density at radius 3 is 2.38 bits per heavy atom. The fraction of sp³-hybridized carbons (Fsp3) is 0.500. The van der Waals surface area contributed by atoms with E-state index in [9.17, 15) is 22.4 Å². The highest BCUT2D eigenvalue weighted by Gasteiger charge is 2.45. The lowest BCUT2D eigenvalue weighted by atomic mass is 9.90. The van der Waals surface area contributed by atoms with Crippen molar-refractivity contribution in [3.8, 4) is 0 Å². The first-order valence-corrected chi connectivity index (χ1v) is 6.74. The standard InChI is InChI=1S/C14H14F4N2O/c1-14(3-2-4-19-6-14)20-5-7-8(13(20)21)10(16)12(18)11(17)9(7)15/h19H,2-6H2,1H3. The van der Waals surface area contributed by atoms with Gasteiger partial charge < -0.3 is 10.2 Å². The smallest absolute Gasteiger partial charge is 0.258 e. The van der Waals surface area contributed by atoms with E-state index >= 15 is 0 Å². The van der Waals surface area contributed by atoms with Gasteiger partial charge in [0.2, 0.25) is 0 Å². The summed E-state index contributed by atoms with van der Waals surface area (Å²) in [7, 11) is 0. The van der Waals surface area contributed by atoms with Crippen molar-refractivity contribution in [1.82, 2.24) is 10.2 Å². The van der Waals surface area contributed by atoms with Gasteiger partial charge in [-0.15, -0.1) is 0 Å². The lowest BCUT2D eigenvalue weighted by Crippen LogP contribution is -2.55. The van der Waals surface area contributed by atoms with Crippen molar-refractivity contribution in [2.75, 3.05) is 13.1 Å². The van der Waals surface area contributed by atoms with Crippen LogP contribution in [-0.2, 0) is 6.54 Å². The highest BCUT2D eigenvalue weighted by Crippen LogP contribution is 2.37. The van der Waals surface area contributed by atoms with Crippen LogP contribution in [0.2, 0.25) is 0 Å².